The fraction of sp³-hybridized carbons (Fsp3) is 0.200. The van der Waals surface area contributed by atoms with Crippen molar-refractivity contribution in [1.29, 1.82) is 0 Å². The predicted octanol–water partition coefficient (Wildman–Crippen LogP) is 4.49. The summed E-state index contributed by atoms with van der Waals surface area (Å²) in [6, 6.07) is 5.45. The molecule has 28 heavy (non-hydrogen) atoms. The normalized spacial score (nSPS) is 18.4. The minimum Gasteiger partial charge on any atom is -0.315 e. The highest BCUT2D eigenvalue weighted by Gasteiger charge is 2.35. The summed E-state index contributed by atoms with van der Waals surface area (Å²) in [6.07, 6.45) is 3.45. The second-order valence-electron chi connectivity index (χ2n) is 6.70. The molecule has 0 spiro atoms. The van der Waals surface area contributed by atoms with Crippen LogP contribution in [0.15, 0.2) is 47.1 Å². The first kappa shape index (κ1) is 18.2. The van der Waals surface area contributed by atoms with Crippen LogP contribution < -0.4 is 0 Å². The zero-order chi connectivity index (χ0) is 19.8. The molecule has 0 radical (unpaired) electrons. The van der Waals surface area contributed by atoms with E-state index in [1.54, 1.807) is 6.08 Å². The Morgan fingerprint density at radius 3 is 2.39 bits per heavy atom. The van der Waals surface area contributed by atoms with E-state index in [-0.39, 0.29) is 18.7 Å². The van der Waals surface area contributed by atoms with Crippen LogP contribution in [0.4, 0.5) is 22.4 Å². The standard InChI is InChI=1S/C20H15F4N3O/c21-15-2-1-13(18(24)9-15)5-12-10-26(11-12)20(28)27-19(3-4-25-27)14-6-16(22)8-17(23)7-14/h1-2,4-9,19H,3,10-11H2/t19-/m0/s1. The Hall–Kier alpha value is -3.16. The van der Waals surface area contributed by atoms with E-state index in [0.29, 0.717) is 12.0 Å². The van der Waals surface area contributed by atoms with E-state index >= 15 is 0 Å². The number of urea groups is 1. The van der Waals surface area contributed by atoms with Crippen molar-refractivity contribution in [3.05, 3.63) is 76.4 Å². The molecule has 2 amide bonds. The molecule has 0 N–H and O–H groups in total. The van der Waals surface area contributed by atoms with E-state index in [1.807, 2.05) is 0 Å². The Balaban J connectivity index is 1.45. The minimum absolute atomic E-state index is 0.246. The summed E-state index contributed by atoms with van der Waals surface area (Å²) in [6.45, 7) is 0.539. The van der Waals surface area contributed by atoms with Crippen molar-refractivity contribution in [2.75, 3.05) is 13.1 Å². The Morgan fingerprint density at radius 2 is 1.71 bits per heavy atom. The molecule has 2 aromatic rings. The van der Waals surface area contributed by atoms with Gasteiger partial charge in [-0.05, 0) is 41.5 Å². The number of hydrogen-bond acceptors (Lipinski definition) is 2. The Morgan fingerprint density at radius 1 is 1.00 bits per heavy atom. The first-order valence-electron chi connectivity index (χ1n) is 8.62. The molecule has 4 rings (SSSR count). The number of amides is 2. The van der Waals surface area contributed by atoms with Crippen molar-refractivity contribution in [3.8, 4) is 0 Å². The molecule has 8 heteroatoms. The van der Waals surface area contributed by atoms with Crippen LogP contribution in [0.1, 0.15) is 23.6 Å². The van der Waals surface area contributed by atoms with E-state index < -0.39 is 35.3 Å². The number of carbonyl (C=O) groups is 1. The van der Waals surface area contributed by atoms with Gasteiger partial charge in [0, 0.05) is 43.4 Å². The summed E-state index contributed by atoms with van der Waals surface area (Å²) < 4.78 is 53.7. The Kier molecular flexibility index (Phi) is 4.62. The second kappa shape index (κ2) is 7.10. The van der Waals surface area contributed by atoms with Gasteiger partial charge < -0.3 is 4.90 Å². The quantitative estimate of drug-likeness (QED) is 0.697. The monoisotopic (exact) mass is 389 g/mol. The van der Waals surface area contributed by atoms with Crippen LogP contribution in [0.5, 0.6) is 0 Å². The molecule has 0 aromatic heterocycles. The summed E-state index contributed by atoms with van der Waals surface area (Å²) in [4.78, 5) is 14.2. The summed E-state index contributed by atoms with van der Waals surface area (Å²) in [5.41, 5.74) is 1.37. The molecule has 0 unspecified atom stereocenters. The molecule has 2 aromatic carbocycles. The van der Waals surface area contributed by atoms with E-state index in [9.17, 15) is 22.4 Å². The van der Waals surface area contributed by atoms with Crippen molar-refractivity contribution >= 4 is 18.3 Å². The highest BCUT2D eigenvalue weighted by molar-refractivity contribution is 5.80. The van der Waals surface area contributed by atoms with Crippen LogP contribution in [-0.4, -0.2) is 35.2 Å². The third-order valence-corrected chi connectivity index (χ3v) is 4.68. The van der Waals surface area contributed by atoms with Crippen LogP contribution >= 0.6 is 0 Å². The Labute approximate surface area is 158 Å². The van der Waals surface area contributed by atoms with Crippen LogP contribution in [0.2, 0.25) is 0 Å². The van der Waals surface area contributed by atoms with Crippen LogP contribution in [0, 0.1) is 23.3 Å². The maximum absolute atomic E-state index is 13.7. The van der Waals surface area contributed by atoms with Gasteiger partial charge in [-0.25, -0.2) is 27.4 Å². The third kappa shape index (κ3) is 3.49. The molecular weight excluding hydrogens is 374 g/mol. The van der Waals surface area contributed by atoms with Crippen LogP contribution in [-0.2, 0) is 0 Å². The zero-order valence-electron chi connectivity index (χ0n) is 14.6. The highest BCUT2D eigenvalue weighted by Crippen LogP contribution is 2.32. The van der Waals surface area contributed by atoms with Gasteiger partial charge in [0.15, 0.2) is 0 Å². The lowest BCUT2D eigenvalue weighted by Gasteiger charge is -2.37. The summed E-state index contributed by atoms with van der Waals surface area (Å²) in [7, 11) is 0. The number of nitrogens with zero attached hydrogens (tertiary/aromatic N) is 3. The SMILES string of the molecule is O=C(N1CC(=Cc2ccc(F)cc2F)C1)N1N=CC[C@H]1c1cc(F)cc(F)c1. The van der Waals surface area contributed by atoms with Crippen molar-refractivity contribution in [2.45, 2.75) is 12.5 Å². The minimum atomic E-state index is -0.718. The number of halogens is 4. The summed E-state index contributed by atoms with van der Waals surface area (Å²) in [5, 5.41) is 5.24. The van der Waals surface area contributed by atoms with Crippen molar-refractivity contribution in [2.24, 2.45) is 5.10 Å². The molecule has 0 aliphatic carbocycles. The van der Waals surface area contributed by atoms with Gasteiger partial charge >= 0.3 is 6.03 Å². The molecule has 1 atom stereocenters. The smallest absolute Gasteiger partial charge is 0.315 e. The molecule has 2 heterocycles. The summed E-state index contributed by atoms with van der Waals surface area (Å²) in [5.74, 6) is -2.76. The van der Waals surface area contributed by atoms with E-state index in [4.69, 9.17) is 0 Å². The van der Waals surface area contributed by atoms with Gasteiger partial charge in [0.2, 0.25) is 0 Å². The number of hydrazone groups is 1. The average Bonchev–Trinajstić information content (AvgIpc) is 3.07. The first-order chi connectivity index (χ1) is 13.4. The van der Waals surface area contributed by atoms with Crippen LogP contribution in [0.25, 0.3) is 6.08 Å². The van der Waals surface area contributed by atoms with Gasteiger partial charge in [0.25, 0.3) is 0 Å². The molecular formula is C20H15F4N3O. The van der Waals surface area contributed by atoms with E-state index in [1.165, 1.54) is 40.4 Å². The van der Waals surface area contributed by atoms with Crippen molar-refractivity contribution in [1.82, 2.24) is 9.91 Å². The number of hydrogen-bond donors (Lipinski definition) is 0. The average molecular weight is 389 g/mol. The van der Waals surface area contributed by atoms with Crippen LogP contribution in [0.3, 0.4) is 0 Å². The predicted molar refractivity (Wildman–Crippen MR) is 95.4 cm³/mol. The van der Waals surface area contributed by atoms with E-state index in [0.717, 1.165) is 17.7 Å². The molecule has 2 aliphatic rings. The van der Waals surface area contributed by atoms with Gasteiger partial charge in [-0.15, -0.1) is 0 Å². The van der Waals surface area contributed by atoms with Gasteiger partial charge in [0.1, 0.15) is 23.3 Å². The number of carbonyl (C=O) groups excluding carboxylic acids is 1. The maximum Gasteiger partial charge on any atom is 0.341 e. The Bertz CT molecular complexity index is 977. The topological polar surface area (TPSA) is 35.9 Å². The molecule has 144 valence electrons. The lowest BCUT2D eigenvalue weighted by atomic mass is 10.0. The lowest BCUT2D eigenvalue weighted by molar-refractivity contribution is 0.136. The van der Waals surface area contributed by atoms with E-state index in [2.05, 4.69) is 5.10 Å². The fourth-order valence-corrected chi connectivity index (χ4v) is 3.30. The van der Waals surface area contributed by atoms with Gasteiger partial charge in [-0.1, -0.05) is 0 Å². The number of rotatable bonds is 2. The van der Waals surface area contributed by atoms with Crippen molar-refractivity contribution in [3.63, 3.8) is 0 Å². The third-order valence-electron chi connectivity index (χ3n) is 4.68. The second-order valence-corrected chi connectivity index (χ2v) is 6.70. The molecule has 1 fully saturated rings. The molecule has 2 aliphatic heterocycles. The molecule has 0 saturated carbocycles. The first-order valence-corrected chi connectivity index (χ1v) is 8.62. The molecule has 0 bridgehead atoms. The largest absolute Gasteiger partial charge is 0.341 e. The van der Waals surface area contributed by atoms with Gasteiger partial charge in [0.05, 0.1) is 6.04 Å². The van der Waals surface area contributed by atoms with Gasteiger partial charge in [-0.2, -0.15) is 5.10 Å². The lowest BCUT2D eigenvalue weighted by Crippen LogP contribution is -2.49. The fourth-order valence-electron chi connectivity index (χ4n) is 3.30. The number of likely N-dealkylation sites (tertiary alicyclic amines) is 1. The zero-order valence-corrected chi connectivity index (χ0v) is 14.6. The number of benzene rings is 2. The molecule has 4 nitrogen and oxygen atoms in total. The maximum atomic E-state index is 13.7. The highest BCUT2D eigenvalue weighted by atomic mass is 19.1. The molecule has 1 saturated heterocycles. The van der Waals surface area contributed by atoms with Gasteiger partial charge in [-0.3, -0.25) is 0 Å². The summed E-state index contributed by atoms with van der Waals surface area (Å²) >= 11 is 0. The van der Waals surface area contributed by atoms with Crippen molar-refractivity contribution < 1.29 is 22.4 Å².